The molecule has 0 saturated carbocycles. The Morgan fingerprint density at radius 1 is 0.913 bits per heavy atom. The standard InChI is InChI=1S/C19H30O3.ClH/c1-2-3-4-5-6-7-8-9-10-13-16-22-18-15-12-11-14-17(18)19(20)21;/h11-12,14-15H,2-10,13,16H2,1H3,(H,20,21);1H. The highest BCUT2D eigenvalue weighted by molar-refractivity contribution is 5.90. The van der Waals surface area contributed by atoms with Crippen molar-refractivity contribution in [3.05, 3.63) is 29.8 Å². The van der Waals surface area contributed by atoms with E-state index < -0.39 is 5.97 Å². The smallest absolute Gasteiger partial charge is 0.339 e. The molecule has 0 spiro atoms. The summed E-state index contributed by atoms with van der Waals surface area (Å²) in [5.41, 5.74) is 0.245. The van der Waals surface area contributed by atoms with Gasteiger partial charge in [0.2, 0.25) is 0 Å². The molecule has 1 aromatic rings. The van der Waals surface area contributed by atoms with Gasteiger partial charge in [0.05, 0.1) is 6.61 Å². The van der Waals surface area contributed by atoms with Crippen molar-refractivity contribution in [2.75, 3.05) is 6.61 Å². The van der Waals surface area contributed by atoms with Crippen LogP contribution in [0.25, 0.3) is 0 Å². The average Bonchev–Trinajstić information content (AvgIpc) is 2.53. The SMILES string of the molecule is CCCCCCCCCCCCOc1ccccc1C(=O)O.Cl. The molecule has 0 aliphatic heterocycles. The Labute approximate surface area is 146 Å². The summed E-state index contributed by atoms with van der Waals surface area (Å²) in [6, 6.07) is 6.83. The molecule has 0 fully saturated rings. The Hall–Kier alpha value is -1.22. The molecule has 23 heavy (non-hydrogen) atoms. The fourth-order valence-corrected chi connectivity index (χ4v) is 2.54. The number of unbranched alkanes of at least 4 members (excludes halogenated alkanes) is 9. The van der Waals surface area contributed by atoms with Gasteiger partial charge in [-0.2, -0.15) is 0 Å². The molecule has 4 heteroatoms. The zero-order chi connectivity index (χ0) is 16.0. The number of carboxylic acids is 1. The zero-order valence-corrected chi connectivity index (χ0v) is 15.1. The average molecular weight is 343 g/mol. The molecule has 0 radical (unpaired) electrons. The fraction of sp³-hybridized carbons (Fsp3) is 0.632. The van der Waals surface area contributed by atoms with Crippen LogP contribution < -0.4 is 4.74 Å². The second kappa shape index (κ2) is 14.4. The second-order valence-corrected chi connectivity index (χ2v) is 5.83. The third-order valence-electron chi connectivity index (χ3n) is 3.87. The van der Waals surface area contributed by atoms with Crippen molar-refractivity contribution in [3.8, 4) is 5.75 Å². The molecule has 0 aliphatic carbocycles. The minimum atomic E-state index is -0.932. The fourth-order valence-electron chi connectivity index (χ4n) is 2.54. The molecule has 0 unspecified atom stereocenters. The lowest BCUT2D eigenvalue weighted by Gasteiger charge is -2.08. The topological polar surface area (TPSA) is 46.5 Å². The Morgan fingerprint density at radius 2 is 1.43 bits per heavy atom. The summed E-state index contributed by atoms with van der Waals surface area (Å²) in [6.07, 6.45) is 12.8. The Bertz CT molecular complexity index is 421. The predicted molar refractivity (Wildman–Crippen MR) is 98.0 cm³/mol. The van der Waals surface area contributed by atoms with Crippen LogP contribution >= 0.6 is 12.4 Å². The molecule has 0 saturated heterocycles. The van der Waals surface area contributed by atoms with Crippen molar-refractivity contribution in [2.45, 2.75) is 71.1 Å². The molecule has 0 aliphatic rings. The summed E-state index contributed by atoms with van der Waals surface area (Å²) < 4.78 is 5.59. The summed E-state index contributed by atoms with van der Waals surface area (Å²) in [5, 5.41) is 9.06. The number of ether oxygens (including phenoxy) is 1. The number of rotatable bonds is 13. The lowest BCUT2D eigenvalue weighted by atomic mass is 10.1. The Balaban J connectivity index is 0.00000484. The molecule has 1 aromatic carbocycles. The van der Waals surface area contributed by atoms with Gasteiger partial charge in [-0.25, -0.2) is 4.79 Å². The van der Waals surface area contributed by atoms with E-state index in [1.165, 1.54) is 51.4 Å². The highest BCUT2D eigenvalue weighted by Gasteiger charge is 2.09. The maximum Gasteiger partial charge on any atom is 0.339 e. The Kier molecular flexibility index (Phi) is 13.6. The minimum absolute atomic E-state index is 0. The third kappa shape index (κ3) is 10.2. The molecule has 0 heterocycles. The van der Waals surface area contributed by atoms with Gasteiger partial charge in [0.15, 0.2) is 0 Å². The molecule has 0 bridgehead atoms. The molecule has 0 aromatic heterocycles. The number of carbonyl (C=O) groups is 1. The Morgan fingerprint density at radius 3 is 2.00 bits per heavy atom. The van der Waals surface area contributed by atoms with E-state index in [1.54, 1.807) is 24.3 Å². The van der Waals surface area contributed by atoms with Crippen LogP contribution in [0.3, 0.4) is 0 Å². The first-order chi connectivity index (χ1) is 10.8. The van der Waals surface area contributed by atoms with E-state index in [0.717, 1.165) is 12.8 Å². The van der Waals surface area contributed by atoms with E-state index in [9.17, 15) is 4.79 Å². The number of halogens is 1. The number of para-hydroxylation sites is 1. The molecule has 132 valence electrons. The van der Waals surface area contributed by atoms with Crippen LogP contribution in [0.5, 0.6) is 5.75 Å². The summed E-state index contributed by atoms with van der Waals surface area (Å²) in [7, 11) is 0. The lowest BCUT2D eigenvalue weighted by molar-refractivity contribution is 0.0692. The van der Waals surface area contributed by atoms with Gasteiger partial charge in [-0.15, -0.1) is 12.4 Å². The summed E-state index contributed by atoms with van der Waals surface area (Å²) >= 11 is 0. The first-order valence-electron chi connectivity index (χ1n) is 8.70. The number of hydrogen-bond acceptors (Lipinski definition) is 2. The van der Waals surface area contributed by atoms with Crippen molar-refractivity contribution in [1.82, 2.24) is 0 Å². The van der Waals surface area contributed by atoms with E-state index in [1.807, 2.05) is 0 Å². The van der Waals surface area contributed by atoms with Crippen LogP contribution in [0.4, 0.5) is 0 Å². The molecule has 3 nitrogen and oxygen atoms in total. The van der Waals surface area contributed by atoms with Crippen LogP contribution in [-0.4, -0.2) is 17.7 Å². The van der Waals surface area contributed by atoms with Crippen molar-refractivity contribution < 1.29 is 14.6 Å². The van der Waals surface area contributed by atoms with Gasteiger partial charge in [0.25, 0.3) is 0 Å². The molecule has 0 atom stereocenters. The van der Waals surface area contributed by atoms with E-state index in [4.69, 9.17) is 9.84 Å². The highest BCUT2D eigenvalue weighted by atomic mass is 35.5. The van der Waals surface area contributed by atoms with Crippen molar-refractivity contribution in [1.29, 1.82) is 0 Å². The van der Waals surface area contributed by atoms with Crippen LogP contribution in [-0.2, 0) is 0 Å². The van der Waals surface area contributed by atoms with Gasteiger partial charge >= 0.3 is 5.97 Å². The first-order valence-corrected chi connectivity index (χ1v) is 8.70. The van der Waals surface area contributed by atoms with Crippen LogP contribution in [0.1, 0.15) is 81.5 Å². The zero-order valence-electron chi connectivity index (χ0n) is 14.3. The highest BCUT2D eigenvalue weighted by Crippen LogP contribution is 2.18. The van der Waals surface area contributed by atoms with Crippen LogP contribution in [0.15, 0.2) is 24.3 Å². The molecular formula is C19H31ClO3. The molecule has 1 N–H and O–H groups in total. The van der Waals surface area contributed by atoms with E-state index in [-0.39, 0.29) is 18.0 Å². The number of benzene rings is 1. The van der Waals surface area contributed by atoms with Crippen molar-refractivity contribution in [3.63, 3.8) is 0 Å². The van der Waals surface area contributed by atoms with Gasteiger partial charge in [-0.1, -0.05) is 76.8 Å². The summed E-state index contributed by atoms with van der Waals surface area (Å²) in [6.45, 7) is 2.84. The van der Waals surface area contributed by atoms with Crippen molar-refractivity contribution in [2.24, 2.45) is 0 Å². The molecular weight excluding hydrogens is 312 g/mol. The van der Waals surface area contributed by atoms with E-state index in [2.05, 4.69) is 6.92 Å². The molecule has 1 rings (SSSR count). The van der Waals surface area contributed by atoms with Gasteiger partial charge in [0, 0.05) is 0 Å². The minimum Gasteiger partial charge on any atom is -0.493 e. The number of hydrogen-bond donors (Lipinski definition) is 1. The lowest BCUT2D eigenvalue weighted by Crippen LogP contribution is -2.04. The largest absolute Gasteiger partial charge is 0.493 e. The monoisotopic (exact) mass is 342 g/mol. The van der Waals surface area contributed by atoms with Gasteiger partial charge in [-0.3, -0.25) is 0 Å². The predicted octanol–water partition coefficient (Wildman–Crippen LogP) is 6.11. The normalized spacial score (nSPS) is 10.1. The van der Waals surface area contributed by atoms with E-state index in [0.29, 0.717) is 12.4 Å². The summed E-state index contributed by atoms with van der Waals surface area (Å²) in [4.78, 5) is 11.0. The maximum atomic E-state index is 11.0. The summed E-state index contributed by atoms with van der Waals surface area (Å²) in [5.74, 6) is -0.454. The number of carboxylic acid groups (broad SMARTS) is 1. The first kappa shape index (κ1) is 21.8. The molecule has 0 amide bonds. The quantitative estimate of drug-likeness (QED) is 0.440. The van der Waals surface area contributed by atoms with Crippen LogP contribution in [0.2, 0.25) is 0 Å². The van der Waals surface area contributed by atoms with Gasteiger partial charge < -0.3 is 9.84 Å². The second-order valence-electron chi connectivity index (χ2n) is 5.83. The van der Waals surface area contributed by atoms with Crippen molar-refractivity contribution >= 4 is 18.4 Å². The van der Waals surface area contributed by atoms with E-state index >= 15 is 0 Å². The number of aromatic carboxylic acids is 1. The maximum absolute atomic E-state index is 11.0. The van der Waals surface area contributed by atoms with Crippen LogP contribution in [0, 0.1) is 0 Å². The third-order valence-corrected chi connectivity index (χ3v) is 3.87. The van der Waals surface area contributed by atoms with Gasteiger partial charge in [-0.05, 0) is 18.6 Å². The van der Waals surface area contributed by atoms with Gasteiger partial charge in [0.1, 0.15) is 11.3 Å².